The fourth-order valence-electron chi connectivity index (χ4n) is 8.83. The molecule has 2 nitrogen and oxygen atoms in total. The molecule has 0 bridgehead atoms. The van der Waals surface area contributed by atoms with Gasteiger partial charge in [0.25, 0.3) is 0 Å². The minimum absolute atomic E-state index is 0.347. The lowest BCUT2D eigenvalue weighted by atomic mass is 10.0. The third kappa shape index (κ3) is 53.5. The zero-order valence-corrected chi connectivity index (χ0v) is 38.4. The molecule has 0 rings (SSSR count). The Morgan fingerprint density at radius 1 is 0.218 bits per heavy atom. The molecule has 0 aliphatic rings. The fraction of sp³-hybridized carbons (Fsp3) is 0.981. The maximum Gasteiger partial charge on any atom is 0.303 e. The maximum atomic E-state index is 10.5. The van der Waals surface area contributed by atoms with Crippen LogP contribution in [0.2, 0.25) is 0 Å². The summed E-state index contributed by atoms with van der Waals surface area (Å²) in [7, 11) is 0. The highest BCUT2D eigenvalue weighted by Gasteiger charge is 2.00. The minimum Gasteiger partial charge on any atom is -0.481 e. The van der Waals surface area contributed by atoms with Gasteiger partial charge in [-0.3, -0.25) is 4.79 Å². The number of hydrogen-bond acceptors (Lipinski definition) is 1. The molecule has 0 spiro atoms. The Kier molecular flexibility index (Phi) is 51.0. The Morgan fingerprint density at radius 2 is 0.327 bits per heavy atom. The maximum absolute atomic E-state index is 10.5. The summed E-state index contributed by atoms with van der Waals surface area (Å²) in [4.78, 5) is 10.5. The van der Waals surface area contributed by atoms with E-state index in [2.05, 4.69) is 6.92 Å². The number of aliphatic carboxylic acids is 1. The van der Waals surface area contributed by atoms with Crippen LogP contribution >= 0.6 is 0 Å². The Bertz CT molecular complexity index is 673. The van der Waals surface area contributed by atoms with E-state index >= 15 is 0 Å². The van der Waals surface area contributed by atoms with Crippen molar-refractivity contribution in [2.24, 2.45) is 0 Å². The minimum atomic E-state index is -0.646. The molecule has 0 aromatic carbocycles. The van der Waals surface area contributed by atoms with Gasteiger partial charge < -0.3 is 5.11 Å². The SMILES string of the molecule is CCCCCCCCCCCCCCCCCCCCCCCCCCCCCCCCCCCCCCCCCCCCCCCCCCCCC(=O)O. The number of carbonyl (C=O) groups is 1. The van der Waals surface area contributed by atoms with Crippen LogP contribution in [0.15, 0.2) is 0 Å². The highest BCUT2D eigenvalue weighted by atomic mass is 16.4. The van der Waals surface area contributed by atoms with Gasteiger partial charge in [-0.05, 0) is 6.42 Å². The molecule has 55 heavy (non-hydrogen) atoms. The summed E-state index contributed by atoms with van der Waals surface area (Å²) < 4.78 is 0. The molecular weight excluding hydrogens is 669 g/mol. The van der Waals surface area contributed by atoms with Crippen LogP contribution in [0.5, 0.6) is 0 Å². The van der Waals surface area contributed by atoms with Crippen molar-refractivity contribution < 1.29 is 9.90 Å². The van der Waals surface area contributed by atoms with E-state index in [0.717, 1.165) is 12.8 Å². The average Bonchev–Trinajstić information content (AvgIpc) is 3.18. The fourth-order valence-corrected chi connectivity index (χ4v) is 8.83. The molecule has 330 valence electrons. The molecule has 0 heterocycles. The zero-order valence-electron chi connectivity index (χ0n) is 38.4. The monoisotopic (exact) mass is 775 g/mol. The molecule has 0 radical (unpaired) electrons. The largest absolute Gasteiger partial charge is 0.481 e. The molecule has 0 aromatic rings. The van der Waals surface area contributed by atoms with Gasteiger partial charge in [0.1, 0.15) is 0 Å². The first-order chi connectivity index (χ1) is 27.3. The molecule has 0 amide bonds. The lowest BCUT2D eigenvalue weighted by Gasteiger charge is -2.05. The van der Waals surface area contributed by atoms with E-state index < -0.39 is 5.97 Å². The van der Waals surface area contributed by atoms with Crippen molar-refractivity contribution in [3.05, 3.63) is 0 Å². The first-order valence-corrected chi connectivity index (χ1v) is 26.5. The van der Waals surface area contributed by atoms with Crippen molar-refractivity contribution >= 4 is 5.97 Å². The summed E-state index contributed by atoms with van der Waals surface area (Å²) in [5, 5.41) is 8.67. The predicted octanol–water partition coefficient (Wildman–Crippen LogP) is 20.0. The Morgan fingerprint density at radius 3 is 0.436 bits per heavy atom. The highest BCUT2D eigenvalue weighted by molar-refractivity contribution is 5.66. The van der Waals surface area contributed by atoms with E-state index in [0.29, 0.717) is 6.42 Å². The van der Waals surface area contributed by atoms with Crippen LogP contribution in [0.3, 0.4) is 0 Å². The van der Waals surface area contributed by atoms with Crippen molar-refractivity contribution in [2.75, 3.05) is 0 Å². The number of hydrogen-bond donors (Lipinski definition) is 1. The van der Waals surface area contributed by atoms with Crippen molar-refractivity contribution in [2.45, 2.75) is 334 Å². The first kappa shape index (κ1) is 54.5. The van der Waals surface area contributed by atoms with Crippen molar-refractivity contribution in [1.29, 1.82) is 0 Å². The van der Waals surface area contributed by atoms with Gasteiger partial charge in [-0.2, -0.15) is 0 Å². The molecule has 0 fully saturated rings. The van der Waals surface area contributed by atoms with Gasteiger partial charge >= 0.3 is 5.97 Å². The van der Waals surface area contributed by atoms with Crippen LogP contribution < -0.4 is 0 Å². The quantitative estimate of drug-likeness (QED) is 0.0625. The van der Waals surface area contributed by atoms with E-state index in [4.69, 9.17) is 5.11 Å². The van der Waals surface area contributed by atoms with Gasteiger partial charge in [-0.1, -0.05) is 322 Å². The molecule has 0 atom stereocenters. The molecule has 0 aliphatic heterocycles. The standard InChI is InChI=1S/C53H106O2/c1-2-3-4-5-6-7-8-9-10-11-12-13-14-15-16-17-18-19-20-21-22-23-24-25-26-27-28-29-30-31-32-33-34-35-36-37-38-39-40-41-42-43-44-45-46-47-48-49-50-51-52-53(54)55/h2-52H2,1H3,(H,54,55). The number of carboxylic acid groups (broad SMARTS) is 1. The van der Waals surface area contributed by atoms with Crippen LogP contribution in [0, 0.1) is 0 Å². The van der Waals surface area contributed by atoms with Crippen LogP contribution in [0.4, 0.5) is 0 Å². The van der Waals surface area contributed by atoms with E-state index in [-0.39, 0.29) is 0 Å². The predicted molar refractivity (Wildman–Crippen MR) is 249 cm³/mol. The van der Waals surface area contributed by atoms with Crippen LogP contribution in [0.1, 0.15) is 334 Å². The summed E-state index contributed by atoms with van der Waals surface area (Å²) in [6.07, 6.45) is 72.3. The molecule has 0 aliphatic carbocycles. The summed E-state index contributed by atoms with van der Waals surface area (Å²) >= 11 is 0. The Balaban J connectivity index is 3.06. The van der Waals surface area contributed by atoms with Gasteiger partial charge in [-0.15, -0.1) is 0 Å². The third-order valence-corrected chi connectivity index (χ3v) is 12.7. The normalized spacial score (nSPS) is 11.6. The second-order valence-electron chi connectivity index (χ2n) is 18.5. The Hall–Kier alpha value is -0.530. The van der Waals surface area contributed by atoms with Gasteiger partial charge in [0, 0.05) is 6.42 Å². The summed E-state index contributed by atoms with van der Waals surface area (Å²) in [5.74, 6) is -0.646. The molecule has 0 unspecified atom stereocenters. The second kappa shape index (κ2) is 51.5. The average molecular weight is 775 g/mol. The second-order valence-corrected chi connectivity index (χ2v) is 18.5. The molecule has 1 N–H and O–H groups in total. The molecule has 0 aromatic heterocycles. The van der Waals surface area contributed by atoms with E-state index in [9.17, 15) is 4.79 Å². The van der Waals surface area contributed by atoms with Gasteiger partial charge in [0.15, 0.2) is 0 Å². The van der Waals surface area contributed by atoms with E-state index in [1.807, 2.05) is 0 Å². The van der Waals surface area contributed by atoms with Crippen molar-refractivity contribution in [1.82, 2.24) is 0 Å². The smallest absolute Gasteiger partial charge is 0.303 e. The highest BCUT2D eigenvalue weighted by Crippen LogP contribution is 2.19. The lowest BCUT2D eigenvalue weighted by molar-refractivity contribution is -0.137. The van der Waals surface area contributed by atoms with Gasteiger partial charge in [0.2, 0.25) is 0 Å². The molecule has 0 saturated heterocycles. The molecular formula is C53H106O2. The summed E-state index contributed by atoms with van der Waals surface area (Å²) in [6, 6.07) is 0. The van der Waals surface area contributed by atoms with E-state index in [1.54, 1.807) is 0 Å². The van der Waals surface area contributed by atoms with Crippen LogP contribution in [-0.2, 0) is 4.79 Å². The van der Waals surface area contributed by atoms with Gasteiger partial charge in [-0.25, -0.2) is 0 Å². The van der Waals surface area contributed by atoms with Crippen LogP contribution in [0.25, 0.3) is 0 Å². The topological polar surface area (TPSA) is 37.3 Å². The van der Waals surface area contributed by atoms with Gasteiger partial charge in [0.05, 0.1) is 0 Å². The number of carboxylic acids is 1. The zero-order chi connectivity index (χ0) is 39.6. The summed E-state index contributed by atoms with van der Waals surface area (Å²) in [6.45, 7) is 2.31. The number of unbranched alkanes of at least 4 members (excludes halogenated alkanes) is 49. The van der Waals surface area contributed by atoms with Crippen molar-refractivity contribution in [3.8, 4) is 0 Å². The third-order valence-electron chi connectivity index (χ3n) is 12.7. The van der Waals surface area contributed by atoms with E-state index in [1.165, 1.54) is 308 Å². The molecule has 0 saturated carbocycles. The van der Waals surface area contributed by atoms with Crippen molar-refractivity contribution in [3.63, 3.8) is 0 Å². The van der Waals surface area contributed by atoms with Crippen LogP contribution in [-0.4, -0.2) is 11.1 Å². The lowest BCUT2D eigenvalue weighted by Crippen LogP contribution is -1.93. The Labute approximate surface area is 349 Å². The summed E-state index contributed by atoms with van der Waals surface area (Å²) in [5.41, 5.74) is 0. The molecule has 2 heteroatoms. The number of rotatable bonds is 51. The first-order valence-electron chi connectivity index (χ1n) is 26.5.